The number of amides is 1. The van der Waals surface area contributed by atoms with Crippen LogP contribution in [0.15, 0.2) is 95.9 Å². The predicted octanol–water partition coefficient (Wildman–Crippen LogP) is 7.47. The third kappa shape index (κ3) is 6.16. The summed E-state index contributed by atoms with van der Waals surface area (Å²) in [5, 5.41) is 3.68. The molecule has 182 valence electrons. The van der Waals surface area contributed by atoms with Gasteiger partial charge in [-0.1, -0.05) is 72.3 Å². The average Bonchev–Trinajstić information content (AvgIpc) is 3.28. The van der Waals surface area contributed by atoms with Crippen molar-refractivity contribution < 1.29 is 9.18 Å². The fourth-order valence-electron chi connectivity index (χ4n) is 4.46. The van der Waals surface area contributed by atoms with Gasteiger partial charge in [-0.15, -0.1) is 11.8 Å². The highest BCUT2D eigenvalue weighted by Crippen LogP contribution is 2.37. The van der Waals surface area contributed by atoms with Crippen molar-refractivity contribution >= 4 is 35.0 Å². The van der Waals surface area contributed by atoms with Crippen molar-refractivity contribution in [1.82, 2.24) is 4.90 Å². The lowest BCUT2D eigenvalue weighted by Gasteiger charge is -2.15. The molecule has 5 rings (SSSR count). The van der Waals surface area contributed by atoms with Gasteiger partial charge in [0, 0.05) is 41.0 Å². The normalized spacial score (nSPS) is 12.9. The van der Waals surface area contributed by atoms with Gasteiger partial charge in [-0.25, -0.2) is 4.39 Å². The van der Waals surface area contributed by atoms with Crippen LogP contribution in [0, 0.1) is 5.82 Å². The Labute approximate surface area is 220 Å². The maximum atomic E-state index is 13.3. The molecule has 0 aromatic heterocycles. The van der Waals surface area contributed by atoms with Gasteiger partial charge in [0.15, 0.2) is 0 Å². The quantitative estimate of drug-likeness (QED) is 0.246. The number of nitrogens with one attached hydrogen (secondary N) is 1. The van der Waals surface area contributed by atoms with Crippen molar-refractivity contribution in [3.05, 3.63) is 130 Å². The minimum atomic E-state index is -0.222. The molecule has 1 amide bonds. The van der Waals surface area contributed by atoms with Crippen LogP contribution >= 0.6 is 23.4 Å². The summed E-state index contributed by atoms with van der Waals surface area (Å²) in [5.41, 5.74) is 6.44. The first kappa shape index (κ1) is 24.6. The lowest BCUT2D eigenvalue weighted by molar-refractivity contribution is -0.115. The summed E-state index contributed by atoms with van der Waals surface area (Å²) >= 11 is 8.04. The molecule has 3 nitrogen and oxygen atoms in total. The lowest BCUT2D eigenvalue weighted by atomic mass is 10.1. The van der Waals surface area contributed by atoms with E-state index in [0.29, 0.717) is 5.02 Å². The van der Waals surface area contributed by atoms with Crippen molar-refractivity contribution in [2.24, 2.45) is 0 Å². The van der Waals surface area contributed by atoms with E-state index in [-0.39, 0.29) is 18.1 Å². The van der Waals surface area contributed by atoms with Gasteiger partial charge < -0.3 is 5.32 Å². The standard InChI is InChI=1S/C30H26ClFN2OS/c31-28-9-5-4-8-23(28)15-30(35)33-26-14-24-18-34(17-21-10-12-25(32)13-11-21)19-27(24)29(16-26)36-20-22-6-2-1-3-7-22/h1-14,16H,15,17-20H2,(H,33,35). The molecule has 0 fully saturated rings. The molecule has 0 saturated carbocycles. The monoisotopic (exact) mass is 516 g/mol. The Hall–Kier alpha value is -3.12. The Kier molecular flexibility index (Phi) is 7.71. The Morgan fingerprint density at radius 3 is 2.44 bits per heavy atom. The molecular formula is C30H26ClFN2OS. The van der Waals surface area contributed by atoms with E-state index in [0.717, 1.165) is 42.2 Å². The molecule has 0 atom stereocenters. The fraction of sp³-hybridized carbons (Fsp3) is 0.167. The topological polar surface area (TPSA) is 32.3 Å². The molecule has 0 unspecified atom stereocenters. The summed E-state index contributed by atoms with van der Waals surface area (Å²) in [5.74, 6) is 0.533. The zero-order valence-corrected chi connectivity index (χ0v) is 21.3. The number of fused-ring (bicyclic) bond motifs is 1. The van der Waals surface area contributed by atoms with E-state index < -0.39 is 0 Å². The summed E-state index contributed by atoms with van der Waals surface area (Å²) in [7, 11) is 0. The van der Waals surface area contributed by atoms with Gasteiger partial charge in [-0.3, -0.25) is 9.69 Å². The summed E-state index contributed by atoms with van der Waals surface area (Å²) in [6.45, 7) is 2.34. The number of thioether (sulfide) groups is 1. The van der Waals surface area contributed by atoms with Crippen molar-refractivity contribution in [1.29, 1.82) is 0 Å². The average molecular weight is 517 g/mol. The van der Waals surface area contributed by atoms with Gasteiger partial charge in [0.1, 0.15) is 5.82 Å². The highest BCUT2D eigenvalue weighted by molar-refractivity contribution is 7.98. The zero-order valence-electron chi connectivity index (χ0n) is 19.7. The first-order valence-electron chi connectivity index (χ1n) is 11.9. The molecule has 0 radical (unpaired) electrons. The molecule has 0 saturated heterocycles. The number of halogens is 2. The second kappa shape index (κ2) is 11.3. The van der Waals surface area contributed by atoms with Crippen LogP contribution < -0.4 is 5.32 Å². The second-order valence-electron chi connectivity index (χ2n) is 8.97. The Balaban J connectivity index is 1.35. The SMILES string of the molecule is O=C(Cc1ccccc1Cl)Nc1cc2c(c(SCc3ccccc3)c1)CN(Cc1ccc(F)cc1)C2. The predicted molar refractivity (Wildman–Crippen MR) is 146 cm³/mol. The molecule has 1 aliphatic rings. The molecule has 4 aromatic carbocycles. The van der Waals surface area contributed by atoms with Gasteiger partial charge in [0.05, 0.1) is 6.42 Å². The third-order valence-electron chi connectivity index (χ3n) is 6.23. The van der Waals surface area contributed by atoms with E-state index in [1.165, 1.54) is 33.7 Å². The maximum Gasteiger partial charge on any atom is 0.228 e. The molecule has 0 spiro atoms. The summed E-state index contributed by atoms with van der Waals surface area (Å²) < 4.78 is 13.3. The number of carbonyl (C=O) groups excluding carboxylic acids is 1. The van der Waals surface area contributed by atoms with E-state index in [1.54, 1.807) is 17.8 Å². The van der Waals surface area contributed by atoms with Crippen LogP contribution in [0.3, 0.4) is 0 Å². The third-order valence-corrected chi connectivity index (χ3v) is 7.75. The zero-order chi connectivity index (χ0) is 24.9. The first-order chi connectivity index (χ1) is 17.5. The van der Waals surface area contributed by atoms with Crippen molar-refractivity contribution in [3.63, 3.8) is 0 Å². The van der Waals surface area contributed by atoms with Crippen LogP contribution in [0.4, 0.5) is 10.1 Å². The fourth-order valence-corrected chi connectivity index (χ4v) is 5.76. The van der Waals surface area contributed by atoms with E-state index >= 15 is 0 Å². The minimum absolute atomic E-state index is 0.0942. The summed E-state index contributed by atoms with van der Waals surface area (Å²) in [6.07, 6.45) is 0.222. The van der Waals surface area contributed by atoms with Crippen LogP contribution in [0.25, 0.3) is 0 Å². The molecule has 1 aliphatic heterocycles. The van der Waals surface area contributed by atoms with Gasteiger partial charge in [0.2, 0.25) is 5.91 Å². The highest BCUT2D eigenvalue weighted by atomic mass is 35.5. The first-order valence-corrected chi connectivity index (χ1v) is 13.2. The second-order valence-corrected chi connectivity index (χ2v) is 10.4. The number of hydrogen-bond acceptors (Lipinski definition) is 3. The Bertz CT molecular complexity index is 1360. The van der Waals surface area contributed by atoms with E-state index in [2.05, 4.69) is 46.6 Å². The number of nitrogens with zero attached hydrogens (tertiary/aromatic N) is 1. The number of carbonyl (C=O) groups is 1. The van der Waals surface area contributed by atoms with Crippen LogP contribution in [-0.4, -0.2) is 10.8 Å². The molecule has 1 heterocycles. The van der Waals surface area contributed by atoms with E-state index in [4.69, 9.17) is 11.6 Å². The maximum absolute atomic E-state index is 13.3. The number of benzene rings is 4. The Morgan fingerprint density at radius 2 is 1.67 bits per heavy atom. The van der Waals surface area contributed by atoms with E-state index in [9.17, 15) is 9.18 Å². The van der Waals surface area contributed by atoms with Crippen molar-refractivity contribution in [3.8, 4) is 0 Å². The number of rotatable bonds is 8. The van der Waals surface area contributed by atoms with Crippen LogP contribution in [0.5, 0.6) is 0 Å². The lowest BCUT2D eigenvalue weighted by Crippen LogP contribution is -2.15. The van der Waals surface area contributed by atoms with Gasteiger partial charge in [-0.05, 0) is 58.1 Å². The van der Waals surface area contributed by atoms with E-state index in [1.807, 2.05) is 36.4 Å². The molecule has 1 N–H and O–H groups in total. The molecule has 0 aliphatic carbocycles. The number of anilines is 1. The van der Waals surface area contributed by atoms with Crippen molar-refractivity contribution in [2.75, 3.05) is 5.32 Å². The van der Waals surface area contributed by atoms with Gasteiger partial charge in [0.25, 0.3) is 0 Å². The Morgan fingerprint density at radius 1 is 0.917 bits per heavy atom. The van der Waals surface area contributed by atoms with Crippen LogP contribution in [0.2, 0.25) is 5.02 Å². The molecule has 0 bridgehead atoms. The van der Waals surface area contributed by atoms with Crippen molar-refractivity contribution in [2.45, 2.75) is 36.7 Å². The molecule has 36 heavy (non-hydrogen) atoms. The minimum Gasteiger partial charge on any atom is -0.326 e. The molecular weight excluding hydrogens is 491 g/mol. The summed E-state index contributed by atoms with van der Waals surface area (Å²) in [6, 6.07) is 28.7. The molecule has 6 heteroatoms. The smallest absolute Gasteiger partial charge is 0.228 e. The van der Waals surface area contributed by atoms with Gasteiger partial charge in [-0.2, -0.15) is 0 Å². The summed E-state index contributed by atoms with van der Waals surface area (Å²) in [4.78, 5) is 16.4. The molecule has 4 aromatic rings. The largest absolute Gasteiger partial charge is 0.326 e. The van der Waals surface area contributed by atoms with Crippen LogP contribution in [-0.2, 0) is 36.6 Å². The highest BCUT2D eigenvalue weighted by Gasteiger charge is 2.24. The van der Waals surface area contributed by atoms with Gasteiger partial charge >= 0.3 is 0 Å². The number of hydrogen-bond donors (Lipinski definition) is 1. The van der Waals surface area contributed by atoms with Crippen LogP contribution in [0.1, 0.15) is 27.8 Å².